The summed E-state index contributed by atoms with van der Waals surface area (Å²) in [4.78, 5) is 7.74. The van der Waals surface area contributed by atoms with Crippen LogP contribution in [0.3, 0.4) is 0 Å². The average Bonchev–Trinajstić information content (AvgIpc) is 2.68. The second-order valence-electron chi connectivity index (χ2n) is 5.64. The Morgan fingerprint density at radius 2 is 1.64 bits per heavy atom. The Kier molecular flexibility index (Phi) is 6.12. The highest BCUT2D eigenvalue weighted by Gasteiger charge is 2.15. The lowest BCUT2D eigenvalue weighted by Crippen LogP contribution is -2.27. The lowest BCUT2D eigenvalue weighted by molar-refractivity contribution is 0.601. The van der Waals surface area contributed by atoms with Gasteiger partial charge >= 0.3 is 0 Å². The second kappa shape index (κ2) is 8.72. The van der Waals surface area contributed by atoms with Gasteiger partial charge in [-0.3, -0.25) is 0 Å². The second-order valence-corrected chi connectivity index (χ2v) is 7.73. The van der Waals surface area contributed by atoms with E-state index in [1.165, 1.54) is 36.7 Å². The van der Waals surface area contributed by atoms with Crippen molar-refractivity contribution in [3.8, 4) is 0 Å². The Morgan fingerprint density at radius 3 is 2.29 bits per heavy atom. The first kappa shape index (κ1) is 19.6. The molecule has 0 radical (unpaired) electrons. The molecule has 144 valence electrons. The predicted molar refractivity (Wildman–Crippen MR) is 109 cm³/mol. The maximum absolute atomic E-state index is 12.9. The Morgan fingerprint density at radius 1 is 1.00 bits per heavy atom. The Bertz CT molecular complexity index is 1040. The molecule has 28 heavy (non-hydrogen) atoms. The van der Waals surface area contributed by atoms with Crippen molar-refractivity contribution in [2.75, 3.05) is 10.0 Å². The van der Waals surface area contributed by atoms with E-state index in [-0.39, 0.29) is 16.7 Å². The number of halogens is 1. The Hall–Kier alpha value is -3.11. The third-order valence-corrected chi connectivity index (χ3v) is 5.17. The van der Waals surface area contributed by atoms with Crippen molar-refractivity contribution in [3.63, 3.8) is 0 Å². The standard InChI is InChI=1S/C18H16FN5O2S2/c19-14-4-2-13(3-5-14)12-22-18(27)23-15-6-8-16(9-7-15)28(25,26)24-17-20-10-1-11-21-17/h1-11H,12H2,(H,20,21,24)(H2,22,23,27). The van der Waals surface area contributed by atoms with Gasteiger partial charge in [-0.15, -0.1) is 0 Å². The summed E-state index contributed by atoms with van der Waals surface area (Å²) in [6.45, 7) is 0.430. The van der Waals surface area contributed by atoms with E-state index < -0.39 is 10.0 Å². The molecule has 0 unspecified atom stereocenters. The van der Waals surface area contributed by atoms with E-state index in [0.717, 1.165) is 5.56 Å². The smallest absolute Gasteiger partial charge is 0.264 e. The van der Waals surface area contributed by atoms with Gasteiger partial charge in [0.2, 0.25) is 5.95 Å². The van der Waals surface area contributed by atoms with Gasteiger partial charge in [0, 0.05) is 24.6 Å². The number of sulfonamides is 1. The molecule has 0 spiro atoms. The van der Waals surface area contributed by atoms with Crippen LogP contribution >= 0.6 is 12.2 Å². The van der Waals surface area contributed by atoms with E-state index in [9.17, 15) is 12.8 Å². The van der Waals surface area contributed by atoms with Gasteiger partial charge in [0.1, 0.15) is 5.82 Å². The zero-order valence-electron chi connectivity index (χ0n) is 14.5. The molecule has 0 bridgehead atoms. The van der Waals surface area contributed by atoms with Gasteiger partial charge in [0.25, 0.3) is 10.0 Å². The number of hydrogen-bond acceptors (Lipinski definition) is 5. The first-order chi connectivity index (χ1) is 13.4. The fraction of sp³-hybridized carbons (Fsp3) is 0.0556. The summed E-state index contributed by atoms with van der Waals surface area (Å²) < 4.78 is 39.9. The van der Waals surface area contributed by atoms with Crippen LogP contribution in [0.4, 0.5) is 16.0 Å². The van der Waals surface area contributed by atoms with Crippen LogP contribution in [0.1, 0.15) is 5.56 Å². The summed E-state index contributed by atoms with van der Waals surface area (Å²) in [5.41, 5.74) is 1.49. The highest BCUT2D eigenvalue weighted by atomic mass is 32.2. The van der Waals surface area contributed by atoms with Gasteiger partial charge in [-0.05, 0) is 60.2 Å². The number of hydrogen-bond donors (Lipinski definition) is 3. The summed E-state index contributed by atoms with van der Waals surface area (Å²) in [6.07, 6.45) is 2.88. The molecule has 0 aliphatic rings. The van der Waals surface area contributed by atoms with Crippen molar-refractivity contribution in [2.24, 2.45) is 0 Å². The molecule has 0 aliphatic heterocycles. The number of thiocarbonyl (C=S) groups is 1. The summed E-state index contributed by atoms with van der Waals surface area (Å²) in [5, 5.41) is 6.31. The van der Waals surface area contributed by atoms with Gasteiger partial charge < -0.3 is 10.6 Å². The minimum Gasteiger partial charge on any atom is -0.358 e. The topological polar surface area (TPSA) is 96.0 Å². The molecule has 2 aromatic carbocycles. The maximum atomic E-state index is 12.9. The van der Waals surface area contributed by atoms with Crippen LogP contribution in [0, 0.1) is 5.82 Å². The quantitative estimate of drug-likeness (QED) is 0.531. The summed E-state index contributed by atoms with van der Waals surface area (Å²) in [5.74, 6) is -0.302. The van der Waals surface area contributed by atoms with Gasteiger partial charge in [-0.25, -0.2) is 27.5 Å². The number of anilines is 2. The number of rotatable bonds is 6. The molecule has 1 aromatic heterocycles. The molecule has 0 fully saturated rings. The SMILES string of the molecule is O=S(=O)(Nc1ncccn1)c1ccc(NC(=S)NCc2ccc(F)cc2)cc1. The van der Waals surface area contributed by atoms with Gasteiger partial charge in [-0.2, -0.15) is 0 Å². The lowest BCUT2D eigenvalue weighted by Gasteiger charge is -2.11. The largest absolute Gasteiger partial charge is 0.358 e. The molecule has 0 atom stereocenters. The third kappa shape index (κ3) is 5.44. The molecule has 0 saturated carbocycles. The van der Waals surface area contributed by atoms with E-state index in [0.29, 0.717) is 17.3 Å². The molecule has 0 aliphatic carbocycles. The highest BCUT2D eigenvalue weighted by Crippen LogP contribution is 2.16. The summed E-state index contributed by atoms with van der Waals surface area (Å²) in [6, 6.07) is 13.7. The molecular formula is C18H16FN5O2S2. The van der Waals surface area contributed by atoms with Crippen LogP contribution < -0.4 is 15.4 Å². The van der Waals surface area contributed by atoms with E-state index in [1.54, 1.807) is 30.3 Å². The molecule has 3 N–H and O–H groups in total. The van der Waals surface area contributed by atoms with E-state index >= 15 is 0 Å². The normalized spacial score (nSPS) is 10.9. The molecule has 10 heteroatoms. The van der Waals surface area contributed by atoms with Crippen LogP contribution in [0.2, 0.25) is 0 Å². The highest BCUT2D eigenvalue weighted by molar-refractivity contribution is 7.92. The first-order valence-corrected chi connectivity index (χ1v) is 10.0. The minimum absolute atomic E-state index is 0.00382. The Balaban J connectivity index is 1.57. The first-order valence-electron chi connectivity index (χ1n) is 8.11. The van der Waals surface area contributed by atoms with Crippen molar-refractivity contribution in [3.05, 3.63) is 78.4 Å². The lowest BCUT2D eigenvalue weighted by atomic mass is 10.2. The van der Waals surface area contributed by atoms with E-state index in [4.69, 9.17) is 12.2 Å². The van der Waals surface area contributed by atoms with Crippen molar-refractivity contribution >= 4 is 39.0 Å². The molecular weight excluding hydrogens is 401 g/mol. The minimum atomic E-state index is -3.79. The van der Waals surface area contributed by atoms with Gasteiger partial charge in [0.15, 0.2) is 5.11 Å². The number of nitrogens with one attached hydrogen (secondary N) is 3. The zero-order valence-corrected chi connectivity index (χ0v) is 16.1. The van der Waals surface area contributed by atoms with Crippen molar-refractivity contribution < 1.29 is 12.8 Å². The third-order valence-electron chi connectivity index (χ3n) is 3.58. The Labute approximate surface area is 167 Å². The molecule has 0 saturated heterocycles. The van der Waals surface area contributed by atoms with Crippen LogP contribution in [-0.2, 0) is 16.6 Å². The molecule has 3 rings (SSSR count). The number of benzene rings is 2. The van der Waals surface area contributed by atoms with Crippen LogP contribution in [0.25, 0.3) is 0 Å². The van der Waals surface area contributed by atoms with Crippen molar-refractivity contribution in [2.45, 2.75) is 11.4 Å². The summed E-state index contributed by atoms with van der Waals surface area (Å²) >= 11 is 5.21. The predicted octanol–water partition coefficient (Wildman–Crippen LogP) is 2.90. The molecule has 1 heterocycles. The van der Waals surface area contributed by atoms with Crippen molar-refractivity contribution in [1.29, 1.82) is 0 Å². The van der Waals surface area contributed by atoms with E-state index in [2.05, 4.69) is 25.3 Å². The van der Waals surface area contributed by atoms with Crippen LogP contribution in [0.5, 0.6) is 0 Å². The van der Waals surface area contributed by atoms with E-state index in [1.807, 2.05) is 0 Å². The summed E-state index contributed by atoms with van der Waals surface area (Å²) in [7, 11) is -3.79. The van der Waals surface area contributed by atoms with Gasteiger partial charge in [-0.1, -0.05) is 12.1 Å². The fourth-order valence-electron chi connectivity index (χ4n) is 2.21. The van der Waals surface area contributed by atoms with Gasteiger partial charge in [0.05, 0.1) is 4.90 Å². The number of nitrogens with zero attached hydrogens (tertiary/aromatic N) is 2. The molecule has 7 nitrogen and oxygen atoms in total. The van der Waals surface area contributed by atoms with Crippen molar-refractivity contribution in [1.82, 2.24) is 15.3 Å². The molecule has 3 aromatic rings. The maximum Gasteiger partial charge on any atom is 0.264 e. The molecule has 0 amide bonds. The fourth-order valence-corrected chi connectivity index (χ4v) is 3.36. The monoisotopic (exact) mass is 417 g/mol. The number of aromatic nitrogens is 2. The van der Waals surface area contributed by atoms with Crippen LogP contribution in [-0.4, -0.2) is 23.5 Å². The van der Waals surface area contributed by atoms with Crippen LogP contribution in [0.15, 0.2) is 71.9 Å². The average molecular weight is 417 g/mol. The zero-order chi connectivity index (χ0) is 20.0.